The van der Waals surface area contributed by atoms with Gasteiger partial charge < -0.3 is 4.90 Å². The molecular weight excluding hydrogens is 900 g/mol. The number of aromatic nitrogens is 8. The SMILES string of the molecule is Cc1nn(C)c2nc(CCC(=NC#N)N(Cc3ccccc3)c3cc(Cl)nc(Cl)c3)cc(C(C)C)c12.Cc1nn(C)c2nc(CCC(Cc3cc(Cl)nc(Cl)c3)=NC#N)cc(C(C)C)c12. The molecule has 6 aromatic heterocycles. The van der Waals surface area contributed by atoms with Crippen LogP contribution in [-0.2, 0) is 39.9 Å². The van der Waals surface area contributed by atoms with Gasteiger partial charge in [0.05, 0.1) is 11.4 Å². The summed E-state index contributed by atoms with van der Waals surface area (Å²) in [5.41, 5.74) is 11.4. The number of amidine groups is 1. The highest BCUT2D eigenvalue weighted by molar-refractivity contribution is 6.33. The molecule has 65 heavy (non-hydrogen) atoms. The minimum absolute atomic E-state index is 0.271. The molecule has 13 nitrogen and oxygen atoms in total. The quantitative estimate of drug-likeness (QED) is 0.0474. The Hall–Kier alpha value is -5.96. The van der Waals surface area contributed by atoms with Crippen LogP contribution < -0.4 is 4.90 Å². The van der Waals surface area contributed by atoms with Crippen LogP contribution in [0.15, 0.2) is 76.7 Å². The third-order valence-corrected chi connectivity index (χ3v) is 11.6. The average Bonchev–Trinajstić information content (AvgIpc) is 3.71. The first-order chi connectivity index (χ1) is 31.0. The second-order valence-corrected chi connectivity index (χ2v) is 17.8. The summed E-state index contributed by atoms with van der Waals surface area (Å²) >= 11 is 24.4. The number of nitrogens with zero attached hydrogens (tertiary/aromatic N) is 13. The Morgan fingerprint density at radius 2 is 1.12 bits per heavy atom. The smallest absolute Gasteiger partial charge is 0.207 e. The van der Waals surface area contributed by atoms with Crippen LogP contribution in [0.4, 0.5) is 5.69 Å². The van der Waals surface area contributed by atoms with Crippen LogP contribution in [0.1, 0.15) is 97.4 Å². The van der Waals surface area contributed by atoms with Gasteiger partial charge in [0, 0.05) is 67.0 Å². The van der Waals surface area contributed by atoms with Crippen molar-refractivity contribution in [3.05, 3.63) is 132 Å². The summed E-state index contributed by atoms with van der Waals surface area (Å²) in [6.07, 6.45) is 6.72. The van der Waals surface area contributed by atoms with Gasteiger partial charge in [-0.3, -0.25) is 9.36 Å². The van der Waals surface area contributed by atoms with Crippen molar-refractivity contribution in [1.82, 2.24) is 39.5 Å². The standard InChI is InChI=1S/C27H27Cl2N7.C21H22Cl2N6/c1-17(2)22-12-20(32-27-26(22)18(3)34-35(27)4)10-11-25(31-16-30)36(15-19-8-6-5-7-9-19)21-13-23(28)33-24(29)14-21;1-12(2)17-10-16(26-21-20(17)13(3)28-29(21)4)6-5-15(25-11-24)7-14-8-18(22)27-19(23)9-14/h5-9,12-14,17H,10-11,15H2,1-4H3;8-10,12H,5-7H2,1-4H3. The number of halogens is 4. The van der Waals surface area contributed by atoms with Gasteiger partial charge in [0.25, 0.3) is 0 Å². The number of hydrogen-bond acceptors (Lipinski definition) is 10. The molecule has 0 saturated heterocycles. The van der Waals surface area contributed by atoms with Crippen molar-refractivity contribution < 1.29 is 0 Å². The van der Waals surface area contributed by atoms with Gasteiger partial charge in [0.15, 0.2) is 11.3 Å². The van der Waals surface area contributed by atoms with Crippen LogP contribution in [0.25, 0.3) is 22.1 Å². The highest BCUT2D eigenvalue weighted by atomic mass is 35.5. The molecule has 0 fully saturated rings. The maximum atomic E-state index is 9.55. The van der Waals surface area contributed by atoms with Gasteiger partial charge in [-0.25, -0.2) is 19.9 Å². The Balaban J connectivity index is 0.000000221. The van der Waals surface area contributed by atoms with E-state index in [1.807, 2.05) is 84.9 Å². The number of aliphatic imine (C=N–C) groups is 2. The van der Waals surface area contributed by atoms with Gasteiger partial charge in [-0.2, -0.15) is 30.7 Å². The molecule has 334 valence electrons. The zero-order chi connectivity index (χ0) is 46.9. The highest BCUT2D eigenvalue weighted by Gasteiger charge is 2.21. The molecule has 1 aromatic carbocycles. The van der Waals surface area contributed by atoms with Crippen molar-refractivity contribution in [2.24, 2.45) is 24.1 Å². The number of aryl methyl sites for hydroxylation is 6. The van der Waals surface area contributed by atoms with E-state index in [1.165, 1.54) is 11.1 Å². The third kappa shape index (κ3) is 12.2. The number of hydrogen-bond donors (Lipinski definition) is 0. The van der Waals surface area contributed by atoms with E-state index >= 15 is 0 Å². The highest BCUT2D eigenvalue weighted by Crippen LogP contribution is 2.31. The van der Waals surface area contributed by atoms with Crippen molar-refractivity contribution in [3.63, 3.8) is 0 Å². The molecule has 6 heterocycles. The number of pyridine rings is 4. The fraction of sp³-hybridized carbons (Fsp3) is 0.333. The number of anilines is 1. The van der Waals surface area contributed by atoms with E-state index in [2.05, 4.69) is 70.0 Å². The summed E-state index contributed by atoms with van der Waals surface area (Å²) in [6, 6.07) is 21.2. The van der Waals surface area contributed by atoms with Crippen molar-refractivity contribution >= 4 is 85.7 Å². The molecule has 0 unspecified atom stereocenters. The fourth-order valence-corrected chi connectivity index (χ4v) is 8.82. The van der Waals surface area contributed by atoms with E-state index in [-0.39, 0.29) is 10.3 Å². The molecule has 0 aliphatic carbocycles. The second-order valence-electron chi connectivity index (χ2n) is 16.3. The van der Waals surface area contributed by atoms with E-state index in [9.17, 15) is 5.26 Å². The Morgan fingerprint density at radius 1 is 0.646 bits per heavy atom. The lowest BCUT2D eigenvalue weighted by atomic mass is 9.97. The minimum atomic E-state index is 0.271. The summed E-state index contributed by atoms with van der Waals surface area (Å²) in [7, 11) is 3.83. The molecule has 0 aliphatic rings. The lowest BCUT2D eigenvalue weighted by molar-refractivity contribution is 0.769. The van der Waals surface area contributed by atoms with Crippen molar-refractivity contribution in [2.75, 3.05) is 4.90 Å². The van der Waals surface area contributed by atoms with Crippen LogP contribution in [0.3, 0.4) is 0 Å². The first-order valence-corrected chi connectivity index (χ1v) is 22.6. The summed E-state index contributed by atoms with van der Waals surface area (Å²) in [6.45, 7) is 13.2. The van der Waals surface area contributed by atoms with Gasteiger partial charge >= 0.3 is 0 Å². The van der Waals surface area contributed by atoms with Gasteiger partial charge in [-0.1, -0.05) is 104 Å². The van der Waals surface area contributed by atoms with Crippen molar-refractivity contribution in [2.45, 2.75) is 92.0 Å². The molecule has 0 aliphatic heterocycles. The van der Waals surface area contributed by atoms with Gasteiger partial charge in [0.2, 0.25) is 12.4 Å². The third-order valence-electron chi connectivity index (χ3n) is 10.8. The van der Waals surface area contributed by atoms with E-state index in [0.717, 1.165) is 61.7 Å². The van der Waals surface area contributed by atoms with Gasteiger partial charge in [-0.15, -0.1) is 0 Å². The van der Waals surface area contributed by atoms with Crippen LogP contribution in [-0.4, -0.2) is 51.0 Å². The number of nitriles is 2. The summed E-state index contributed by atoms with van der Waals surface area (Å²) in [5, 5.41) is 31.2. The van der Waals surface area contributed by atoms with Crippen LogP contribution >= 0.6 is 46.4 Å². The van der Waals surface area contributed by atoms with Crippen LogP contribution in [0, 0.1) is 36.8 Å². The molecule has 7 aromatic rings. The molecule has 0 amide bonds. The van der Waals surface area contributed by atoms with Crippen LogP contribution in [0.5, 0.6) is 0 Å². The second kappa shape index (κ2) is 21.8. The predicted molar refractivity (Wildman–Crippen MR) is 262 cm³/mol. The Morgan fingerprint density at radius 3 is 1.60 bits per heavy atom. The van der Waals surface area contributed by atoms with Crippen LogP contribution in [0.2, 0.25) is 20.6 Å². The zero-order valence-corrected chi connectivity index (χ0v) is 40.6. The monoisotopic (exact) mass is 947 g/mol. The maximum Gasteiger partial charge on any atom is 0.207 e. The molecule has 7 rings (SSSR count). The average molecular weight is 950 g/mol. The minimum Gasteiger partial charge on any atom is -0.324 e. The zero-order valence-electron chi connectivity index (χ0n) is 37.6. The first kappa shape index (κ1) is 48.5. The Bertz CT molecular complexity index is 2940. The summed E-state index contributed by atoms with van der Waals surface area (Å²) < 4.78 is 3.65. The fourth-order valence-electron chi connectivity index (χ4n) is 7.86. The molecule has 0 atom stereocenters. The first-order valence-electron chi connectivity index (χ1n) is 21.1. The lowest BCUT2D eigenvalue weighted by Gasteiger charge is -2.26. The molecule has 0 radical (unpaired) electrons. The molecule has 0 N–H and O–H groups in total. The lowest BCUT2D eigenvalue weighted by Crippen LogP contribution is -2.31. The van der Waals surface area contributed by atoms with E-state index in [0.29, 0.717) is 72.3 Å². The molecule has 0 saturated carbocycles. The maximum absolute atomic E-state index is 9.55. The van der Waals surface area contributed by atoms with E-state index < -0.39 is 0 Å². The molecule has 17 heteroatoms. The van der Waals surface area contributed by atoms with Crippen molar-refractivity contribution in [1.29, 1.82) is 10.5 Å². The predicted octanol–water partition coefficient (Wildman–Crippen LogP) is 11.8. The largest absolute Gasteiger partial charge is 0.324 e. The molecule has 0 bridgehead atoms. The van der Waals surface area contributed by atoms with Gasteiger partial charge in [-0.05, 0) is 104 Å². The number of rotatable bonds is 13. The van der Waals surface area contributed by atoms with E-state index in [4.69, 9.17) is 61.6 Å². The van der Waals surface area contributed by atoms with Gasteiger partial charge in [0.1, 0.15) is 26.4 Å². The van der Waals surface area contributed by atoms with Crippen molar-refractivity contribution in [3.8, 4) is 12.4 Å². The van der Waals surface area contributed by atoms with E-state index in [1.54, 1.807) is 24.3 Å². The Labute approximate surface area is 399 Å². The number of benzene rings is 1. The Kier molecular flexibility index (Phi) is 16.3. The molecular formula is C48H49Cl4N13. The number of fused-ring (bicyclic) bond motifs is 2. The summed E-state index contributed by atoms with van der Waals surface area (Å²) in [5.74, 6) is 1.27. The topological polar surface area (TPSA) is 163 Å². The summed E-state index contributed by atoms with van der Waals surface area (Å²) in [4.78, 5) is 27.9. The molecule has 0 spiro atoms. The normalized spacial score (nSPS) is 11.9.